The van der Waals surface area contributed by atoms with Crippen LogP contribution in [0.4, 0.5) is 0 Å². The molecule has 1 aromatic carbocycles. The molecule has 21 heavy (non-hydrogen) atoms. The largest absolute Gasteiger partial charge is 0.460 e. The van der Waals surface area contributed by atoms with E-state index in [-0.39, 0.29) is 11.6 Å². The summed E-state index contributed by atoms with van der Waals surface area (Å²) in [6, 6.07) is 9.20. The van der Waals surface area contributed by atoms with Crippen LogP contribution in [0.1, 0.15) is 51.7 Å². The molecule has 1 aliphatic rings. The minimum atomic E-state index is -0.381. The van der Waals surface area contributed by atoms with Crippen LogP contribution in [0.25, 0.3) is 0 Å². The Kier molecular flexibility index (Phi) is 5.04. The second-order valence-corrected chi connectivity index (χ2v) is 6.98. The summed E-state index contributed by atoms with van der Waals surface area (Å²) < 4.78 is 5.35. The summed E-state index contributed by atoms with van der Waals surface area (Å²) in [5.41, 5.74) is 2.51. The second kappa shape index (κ2) is 6.61. The third-order valence-corrected chi connectivity index (χ3v) is 3.88. The fourth-order valence-electron chi connectivity index (χ4n) is 2.85. The maximum absolute atomic E-state index is 11.7. The smallest absolute Gasteiger partial charge is 0.306 e. The van der Waals surface area contributed by atoms with Crippen LogP contribution in [0.2, 0.25) is 0 Å². The number of nitrogens with zero attached hydrogens (tertiary/aromatic N) is 1. The predicted octanol–water partition coefficient (Wildman–Crippen LogP) is 3.56. The van der Waals surface area contributed by atoms with Gasteiger partial charge >= 0.3 is 5.97 Å². The maximum Gasteiger partial charge on any atom is 0.306 e. The van der Waals surface area contributed by atoms with Crippen molar-refractivity contribution >= 4 is 5.97 Å². The molecule has 3 nitrogen and oxygen atoms in total. The summed E-state index contributed by atoms with van der Waals surface area (Å²) in [7, 11) is 0. The third-order valence-electron chi connectivity index (χ3n) is 3.88. The first-order valence-electron chi connectivity index (χ1n) is 7.88. The van der Waals surface area contributed by atoms with E-state index in [2.05, 4.69) is 36.1 Å². The van der Waals surface area contributed by atoms with Crippen molar-refractivity contribution in [2.75, 3.05) is 6.54 Å². The SMILES string of the molecule is CC1Cc2ccccc2CN1CCCC(=O)OC(C)(C)C. The van der Waals surface area contributed by atoms with Gasteiger partial charge in [-0.05, 0) is 58.2 Å². The van der Waals surface area contributed by atoms with Gasteiger partial charge in [0.2, 0.25) is 0 Å². The molecule has 0 saturated carbocycles. The molecule has 0 spiro atoms. The minimum absolute atomic E-state index is 0.0902. The first kappa shape index (κ1) is 16.0. The maximum atomic E-state index is 11.7. The Hall–Kier alpha value is -1.35. The Labute approximate surface area is 128 Å². The van der Waals surface area contributed by atoms with Gasteiger partial charge in [0.05, 0.1) is 0 Å². The van der Waals surface area contributed by atoms with Crippen LogP contribution < -0.4 is 0 Å². The molecular weight excluding hydrogens is 262 g/mol. The van der Waals surface area contributed by atoms with Crippen molar-refractivity contribution in [3.8, 4) is 0 Å². The van der Waals surface area contributed by atoms with Crippen molar-refractivity contribution in [3.63, 3.8) is 0 Å². The molecular formula is C18H27NO2. The molecule has 2 rings (SSSR count). The van der Waals surface area contributed by atoms with E-state index in [1.54, 1.807) is 0 Å². The lowest BCUT2D eigenvalue weighted by Gasteiger charge is -2.34. The van der Waals surface area contributed by atoms with E-state index in [4.69, 9.17) is 4.74 Å². The molecule has 1 aromatic rings. The average Bonchev–Trinajstić information content (AvgIpc) is 2.37. The summed E-state index contributed by atoms with van der Waals surface area (Å²) in [5, 5.41) is 0. The van der Waals surface area contributed by atoms with E-state index in [1.807, 2.05) is 20.8 Å². The topological polar surface area (TPSA) is 29.5 Å². The highest BCUT2D eigenvalue weighted by Gasteiger charge is 2.22. The number of fused-ring (bicyclic) bond motifs is 1. The summed E-state index contributed by atoms with van der Waals surface area (Å²) >= 11 is 0. The average molecular weight is 289 g/mol. The number of benzene rings is 1. The number of rotatable bonds is 4. The third kappa shape index (κ3) is 4.85. The molecule has 0 radical (unpaired) electrons. The summed E-state index contributed by atoms with van der Waals surface area (Å²) in [5.74, 6) is -0.0902. The predicted molar refractivity (Wildman–Crippen MR) is 85.1 cm³/mol. The van der Waals surface area contributed by atoms with E-state index >= 15 is 0 Å². The van der Waals surface area contributed by atoms with Crippen LogP contribution in [0.15, 0.2) is 24.3 Å². The van der Waals surface area contributed by atoms with Crippen LogP contribution in [0.3, 0.4) is 0 Å². The molecule has 0 aromatic heterocycles. The zero-order valence-electron chi connectivity index (χ0n) is 13.7. The standard InChI is InChI=1S/C18H27NO2/c1-14-12-15-8-5-6-9-16(15)13-19(14)11-7-10-17(20)21-18(2,3)4/h5-6,8-9,14H,7,10-13H2,1-4H3. The first-order valence-corrected chi connectivity index (χ1v) is 7.88. The van der Waals surface area contributed by atoms with E-state index in [0.29, 0.717) is 12.5 Å². The van der Waals surface area contributed by atoms with E-state index in [0.717, 1.165) is 25.9 Å². The molecule has 0 saturated heterocycles. The van der Waals surface area contributed by atoms with Gasteiger partial charge in [-0.3, -0.25) is 9.69 Å². The van der Waals surface area contributed by atoms with E-state index < -0.39 is 0 Å². The molecule has 1 atom stereocenters. The Morgan fingerprint density at radius 3 is 2.62 bits per heavy atom. The summed E-state index contributed by atoms with van der Waals surface area (Å²) in [4.78, 5) is 14.2. The highest BCUT2D eigenvalue weighted by atomic mass is 16.6. The van der Waals surface area contributed by atoms with Crippen molar-refractivity contribution in [3.05, 3.63) is 35.4 Å². The number of hydrogen-bond donors (Lipinski definition) is 0. The lowest BCUT2D eigenvalue weighted by atomic mass is 9.95. The van der Waals surface area contributed by atoms with Gasteiger partial charge in [-0.2, -0.15) is 0 Å². The first-order chi connectivity index (χ1) is 9.85. The lowest BCUT2D eigenvalue weighted by Crippen LogP contribution is -2.39. The van der Waals surface area contributed by atoms with Crippen LogP contribution in [0, 0.1) is 0 Å². The van der Waals surface area contributed by atoms with Gasteiger partial charge < -0.3 is 4.74 Å². The van der Waals surface area contributed by atoms with Crippen LogP contribution >= 0.6 is 0 Å². The van der Waals surface area contributed by atoms with Crippen molar-refractivity contribution in [1.29, 1.82) is 0 Å². The molecule has 0 bridgehead atoms. The molecule has 0 fully saturated rings. The number of carbonyl (C=O) groups is 1. The quantitative estimate of drug-likeness (QED) is 0.794. The van der Waals surface area contributed by atoms with Crippen molar-refractivity contribution in [1.82, 2.24) is 4.90 Å². The van der Waals surface area contributed by atoms with Gasteiger partial charge in [0.1, 0.15) is 5.60 Å². The zero-order chi connectivity index (χ0) is 15.5. The molecule has 0 amide bonds. The minimum Gasteiger partial charge on any atom is -0.460 e. The molecule has 1 unspecified atom stereocenters. The summed E-state index contributed by atoms with van der Waals surface area (Å²) in [6.45, 7) is 9.95. The monoisotopic (exact) mass is 289 g/mol. The van der Waals surface area contributed by atoms with E-state index in [9.17, 15) is 4.79 Å². The van der Waals surface area contributed by atoms with Gasteiger partial charge in [-0.15, -0.1) is 0 Å². The number of esters is 1. The second-order valence-electron chi connectivity index (χ2n) is 6.98. The van der Waals surface area contributed by atoms with Crippen LogP contribution in [0.5, 0.6) is 0 Å². The Morgan fingerprint density at radius 2 is 1.95 bits per heavy atom. The Morgan fingerprint density at radius 1 is 1.29 bits per heavy atom. The fraction of sp³-hybridized carbons (Fsp3) is 0.611. The van der Waals surface area contributed by atoms with Crippen molar-refractivity contribution < 1.29 is 9.53 Å². The summed E-state index contributed by atoms with van der Waals surface area (Å²) in [6.07, 6.45) is 2.46. The lowest BCUT2D eigenvalue weighted by molar-refractivity contribution is -0.155. The van der Waals surface area contributed by atoms with Gasteiger partial charge in [0.25, 0.3) is 0 Å². The normalized spacial score (nSPS) is 19.1. The highest BCUT2D eigenvalue weighted by molar-refractivity contribution is 5.69. The van der Waals surface area contributed by atoms with Crippen molar-refractivity contribution in [2.45, 2.75) is 65.1 Å². The van der Waals surface area contributed by atoms with Crippen LogP contribution in [-0.2, 0) is 22.5 Å². The highest BCUT2D eigenvalue weighted by Crippen LogP contribution is 2.23. The molecule has 1 aliphatic heterocycles. The molecule has 0 aliphatic carbocycles. The van der Waals surface area contributed by atoms with Gasteiger partial charge in [-0.1, -0.05) is 24.3 Å². The fourth-order valence-corrected chi connectivity index (χ4v) is 2.85. The van der Waals surface area contributed by atoms with E-state index in [1.165, 1.54) is 11.1 Å². The van der Waals surface area contributed by atoms with Gasteiger partial charge in [0.15, 0.2) is 0 Å². The van der Waals surface area contributed by atoms with Gasteiger partial charge in [0, 0.05) is 19.0 Å². The van der Waals surface area contributed by atoms with Gasteiger partial charge in [-0.25, -0.2) is 0 Å². The molecule has 3 heteroatoms. The number of ether oxygens (including phenoxy) is 1. The number of hydrogen-bond acceptors (Lipinski definition) is 3. The molecule has 1 heterocycles. The van der Waals surface area contributed by atoms with Crippen LogP contribution in [-0.4, -0.2) is 29.1 Å². The number of carbonyl (C=O) groups excluding carboxylic acids is 1. The molecule has 0 N–H and O–H groups in total. The zero-order valence-corrected chi connectivity index (χ0v) is 13.7. The molecule has 116 valence electrons. The Balaban J connectivity index is 1.81. The Bertz CT molecular complexity index is 490. The van der Waals surface area contributed by atoms with Crippen molar-refractivity contribution in [2.24, 2.45) is 0 Å².